The first-order valence-corrected chi connectivity index (χ1v) is 9.74. The fraction of sp³-hybridized carbons (Fsp3) is 0.286. The highest BCUT2D eigenvalue weighted by atomic mass is 16.5. The van der Waals surface area contributed by atoms with Crippen LogP contribution in [0.1, 0.15) is 19.5 Å². The molecular formula is C21H25N7O2. The second-order valence-corrected chi connectivity index (χ2v) is 6.43. The standard InChI is InChI=1S/C21H25N7O2/c1-4-28(5-2)18-13-15(3)24-20(27-18)26-17-9-7-16(8-10-17)25-19(29)14-30-21-22-11-6-12-23-21/h6-13H,4-5,14H2,1-3H3,(H,25,29)(H,24,26,27). The smallest absolute Gasteiger partial charge is 0.316 e. The quantitative estimate of drug-likeness (QED) is 0.557. The van der Waals surface area contributed by atoms with Crippen LogP contribution in [0.4, 0.5) is 23.1 Å². The van der Waals surface area contributed by atoms with Crippen LogP contribution < -0.4 is 20.3 Å². The molecule has 156 valence electrons. The van der Waals surface area contributed by atoms with Crippen molar-refractivity contribution in [2.24, 2.45) is 0 Å². The van der Waals surface area contributed by atoms with E-state index >= 15 is 0 Å². The highest BCUT2D eigenvalue weighted by Gasteiger charge is 2.09. The van der Waals surface area contributed by atoms with E-state index in [-0.39, 0.29) is 18.5 Å². The number of aryl methyl sites for hydroxylation is 1. The third kappa shape index (κ3) is 5.87. The van der Waals surface area contributed by atoms with Crippen molar-refractivity contribution in [3.8, 4) is 6.01 Å². The van der Waals surface area contributed by atoms with Crippen LogP contribution in [0.5, 0.6) is 6.01 Å². The summed E-state index contributed by atoms with van der Waals surface area (Å²) < 4.78 is 5.24. The van der Waals surface area contributed by atoms with Gasteiger partial charge in [-0.2, -0.15) is 4.98 Å². The molecule has 9 heteroatoms. The van der Waals surface area contributed by atoms with Gasteiger partial charge in [0, 0.05) is 48.6 Å². The summed E-state index contributed by atoms with van der Waals surface area (Å²) in [6, 6.07) is 11.1. The minimum absolute atomic E-state index is 0.162. The van der Waals surface area contributed by atoms with E-state index in [1.54, 1.807) is 30.6 Å². The number of carbonyl (C=O) groups is 1. The average molecular weight is 407 g/mol. The number of carbonyl (C=O) groups excluding carboxylic acids is 1. The molecule has 1 amide bonds. The molecule has 0 aliphatic carbocycles. The number of nitrogens with one attached hydrogen (secondary N) is 2. The van der Waals surface area contributed by atoms with E-state index in [2.05, 4.69) is 49.3 Å². The van der Waals surface area contributed by atoms with E-state index in [1.807, 2.05) is 25.1 Å². The van der Waals surface area contributed by atoms with Crippen LogP contribution in [0, 0.1) is 6.92 Å². The molecule has 9 nitrogen and oxygen atoms in total. The summed E-state index contributed by atoms with van der Waals surface area (Å²) in [5, 5.41) is 5.98. The lowest BCUT2D eigenvalue weighted by molar-refractivity contribution is -0.118. The Bertz CT molecular complexity index is 961. The molecular weight excluding hydrogens is 382 g/mol. The van der Waals surface area contributed by atoms with Crippen LogP contribution in [0.15, 0.2) is 48.8 Å². The number of hydrogen-bond acceptors (Lipinski definition) is 8. The Labute approximate surface area is 175 Å². The van der Waals surface area contributed by atoms with Gasteiger partial charge in [-0.3, -0.25) is 4.79 Å². The summed E-state index contributed by atoms with van der Waals surface area (Å²) in [5.74, 6) is 1.13. The molecule has 0 saturated carbocycles. The molecule has 2 aromatic heterocycles. The minimum atomic E-state index is -0.297. The van der Waals surface area contributed by atoms with Gasteiger partial charge in [-0.25, -0.2) is 15.0 Å². The summed E-state index contributed by atoms with van der Waals surface area (Å²) in [4.78, 5) is 31.1. The van der Waals surface area contributed by atoms with Gasteiger partial charge < -0.3 is 20.3 Å². The maximum Gasteiger partial charge on any atom is 0.316 e. The Morgan fingerprint density at radius 1 is 1.03 bits per heavy atom. The number of rotatable bonds is 9. The molecule has 0 saturated heterocycles. The van der Waals surface area contributed by atoms with Gasteiger partial charge in [-0.15, -0.1) is 0 Å². The van der Waals surface area contributed by atoms with E-state index in [0.717, 1.165) is 30.3 Å². The normalized spacial score (nSPS) is 10.4. The van der Waals surface area contributed by atoms with Crippen LogP contribution in [0.25, 0.3) is 0 Å². The van der Waals surface area contributed by atoms with E-state index in [1.165, 1.54) is 0 Å². The number of aromatic nitrogens is 4. The highest BCUT2D eigenvalue weighted by Crippen LogP contribution is 2.20. The highest BCUT2D eigenvalue weighted by molar-refractivity contribution is 5.92. The Balaban J connectivity index is 1.58. The molecule has 30 heavy (non-hydrogen) atoms. The van der Waals surface area contributed by atoms with Crippen LogP contribution in [0.3, 0.4) is 0 Å². The van der Waals surface area contributed by atoms with Gasteiger partial charge in [-0.05, 0) is 51.1 Å². The Morgan fingerprint density at radius 2 is 1.70 bits per heavy atom. The van der Waals surface area contributed by atoms with Gasteiger partial charge in [0.25, 0.3) is 5.91 Å². The van der Waals surface area contributed by atoms with Crippen molar-refractivity contribution in [1.29, 1.82) is 0 Å². The molecule has 0 unspecified atom stereocenters. The molecule has 0 atom stereocenters. The van der Waals surface area contributed by atoms with Crippen molar-refractivity contribution in [3.05, 3.63) is 54.5 Å². The summed E-state index contributed by atoms with van der Waals surface area (Å²) in [5.41, 5.74) is 2.36. The van der Waals surface area contributed by atoms with E-state index in [4.69, 9.17) is 4.74 Å². The molecule has 3 aromatic rings. The summed E-state index contributed by atoms with van der Waals surface area (Å²) in [7, 11) is 0. The van der Waals surface area contributed by atoms with Crippen LogP contribution in [0.2, 0.25) is 0 Å². The van der Waals surface area contributed by atoms with Crippen molar-refractivity contribution in [2.45, 2.75) is 20.8 Å². The molecule has 0 bridgehead atoms. The van der Waals surface area contributed by atoms with Gasteiger partial charge >= 0.3 is 6.01 Å². The lowest BCUT2D eigenvalue weighted by Crippen LogP contribution is -2.23. The zero-order chi connectivity index (χ0) is 21.3. The molecule has 0 aliphatic rings. The second-order valence-electron chi connectivity index (χ2n) is 6.43. The zero-order valence-electron chi connectivity index (χ0n) is 17.3. The lowest BCUT2D eigenvalue weighted by atomic mass is 10.3. The Hall–Kier alpha value is -3.75. The summed E-state index contributed by atoms with van der Waals surface area (Å²) in [6.45, 7) is 7.72. The minimum Gasteiger partial charge on any atom is -0.453 e. The molecule has 1 aromatic carbocycles. The Morgan fingerprint density at radius 3 is 2.37 bits per heavy atom. The average Bonchev–Trinajstić information content (AvgIpc) is 2.75. The molecule has 2 N–H and O–H groups in total. The van der Waals surface area contributed by atoms with Gasteiger partial charge in [0.2, 0.25) is 5.95 Å². The Kier molecular flexibility index (Phi) is 7.09. The molecule has 3 rings (SSSR count). The first kappa shape index (κ1) is 21.0. The van der Waals surface area contributed by atoms with Crippen molar-refractivity contribution in [3.63, 3.8) is 0 Å². The van der Waals surface area contributed by atoms with E-state index in [0.29, 0.717) is 11.6 Å². The van der Waals surface area contributed by atoms with E-state index in [9.17, 15) is 4.79 Å². The predicted octanol–water partition coefficient (Wildman–Crippen LogP) is 3.18. The summed E-state index contributed by atoms with van der Waals surface area (Å²) in [6.07, 6.45) is 3.10. The number of ether oxygens (including phenoxy) is 1. The van der Waals surface area contributed by atoms with Gasteiger partial charge in [0.05, 0.1) is 0 Å². The zero-order valence-corrected chi connectivity index (χ0v) is 17.3. The van der Waals surface area contributed by atoms with Crippen molar-refractivity contribution in [1.82, 2.24) is 19.9 Å². The molecule has 2 heterocycles. The van der Waals surface area contributed by atoms with E-state index < -0.39 is 0 Å². The lowest BCUT2D eigenvalue weighted by Gasteiger charge is -2.20. The molecule has 0 fully saturated rings. The molecule has 0 aliphatic heterocycles. The number of anilines is 4. The predicted molar refractivity (Wildman–Crippen MR) is 116 cm³/mol. The first-order chi connectivity index (χ1) is 14.6. The molecule has 0 spiro atoms. The maximum absolute atomic E-state index is 12.0. The van der Waals surface area contributed by atoms with Crippen molar-refractivity contribution in [2.75, 3.05) is 35.2 Å². The topological polar surface area (TPSA) is 105 Å². The maximum atomic E-state index is 12.0. The van der Waals surface area contributed by atoms with Crippen molar-refractivity contribution >= 4 is 29.0 Å². The number of benzene rings is 1. The van der Waals surface area contributed by atoms with Crippen LogP contribution in [-0.4, -0.2) is 45.5 Å². The number of nitrogens with zero attached hydrogens (tertiary/aromatic N) is 5. The second kappa shape index (κ2) is 10.1. The van der Waals surface area contributed by atoms with Crippen LogP contribution in [-0.2, 0) is 4.79 Å². The largest absolute Gasteiger partial charge is 0.453 e. The van der Waals surface area contributed by atoms with Gasteiger partial charge in [0.15, 0.2) is 6.61 Å². The third-order valence-corrected chi connectivity index (χ3v) is 4.23. The van der Waals surface area contributed by atoms with Crippen molar-refractivity contribution < 1.29 is 9.53 Å². The first-order valence-electron chi connectivity index (χ1n) is 9.74. The number of hydrogen-bond donors (Lipinski definition) is 2. The summed E-state index contributed by atoms with van der Waals surface area (Å²) >= 11 is 0. The SMILES string of the molecule is CCN(CC)c1cc(C)nc(Nc2ccc(NC(=O)COc3ncccn3)cc2)n1. The fourth-order valence-electron chi connectivity index (χ4n) is 2.77. The monoisotopic (exact) mass is 407 g/mol. The fourth-order valence-corrected chi connectivity index (χ4v) is 2.77. The third-order valence-electron chi connectivity index (χ3n) is 4.23. The van der Waals surface area contributed by atoms with Gasteiger partial charge in [0.1, 0.15) is 5.82 Å². The number of amides is 1. The van der Waals surface area contributed by atoms with Crippen LogP contribution >= 0.6 is 0 Å². The van der Waals surface area contributed by atoms with Gasteiger partial charge in [-0.1, -0.05) is 0 Å². The molecule has 0 radical (unpaired) electrons.